The number of aromatic nitrogens is 2. The Bertz CT molecular complexity index is 1490. The van der Waals surface area contributed by atoms with E-state index in [0.29, 0.717) is 22.4 Å². The maximum atomic E-state index is 13.0. The van der Waals surface area contributed by atoms with E-state index in [9.17, 15) is 14.9 Å². The Labute approximate surface area is 203 Å². The molecule has 7 heteroatoms. The summed E-state index contributed by atoms with van der Waals surface area (Å²) < 4.78 is 7.75. The molecule has 2 aliphatic rings. The van der Waals surface area contributed by atoms with Crippen LogP contribution in [-0.2, 0) is 16.0 Å². The Hall–Kier alpha value is -4.44. The van der Waals surface area contributed by atoms with Gasteiger partial charge in [0.1, 0.15) is 23.5 Å². The van der Waals surface area contributed by atoms with Crippen LogP contribution >= 0.6 is 0 Å². The van der Waals surface area contributed by atoms with Crippen LogP contribution in [0.5, 0.6) is 5.75 Å². The zero-order valence-electron chi connectivity index (χ0n) is 20.0. The second kappa shape index (κ2) is 8.41. The van der Waals surface area contributed by atoms with E-state index < -0.39 is 11.8 Å². The van der Waals surface area contributed by atoms with Gasteiger partial charge in [0.25, 0.3) is 11.8 Å². The van der Waals surface area contributed by atoms with Crippen molar-refractivity contribution >= 4 is 17.9 Å². The van der Waals surface area contributed by atoms with Crippen molar-refractivity contribution < 1.29 is 14.3 Å². The van der Waals surface area contributed by atoms with Gasteiger partial charge in [-0.3, -0.25) is 14.5 Å². The van der Waals surface area contributed by atoms with Crippen molar-refractivity contribution in [2.75, 3.05) is 7.05 Å². The van der Waals surface area contributed by atoms with E-state index in [1.807, 2.05) is 62.5 Å². The van der Waals surface area contributed by atoms with E-state index in [1.54, 1.807) is 17.7 Å². The molecule has 5 rings (SSSR count). The van der Waals surface area contributed by atoms with E-state index >= 15 is 0 Å². The van der Waals surface area contributed by atoms with Crippen molar-refractivity contribution in [1.29, 1.82) is 5.26 Å². The number of benzene rings is 2. The molecule has 1 atom stereocenters. The number of likely N-dealkylation sites (N-methyl/N-ethyl adjacent to an activating group) is 1. The summed E-state index contributed by atoms with van der Waals surface area (Å²) in [6, 6.07) is 15.8. The van der Waals surface area contributed by atoms with Crippen LogP contribution in [0.15, 0.2) is 65.4 Å². The van der Waals surface area contributed by atoms with Crippen LogP contribution in [0.25, 0.3) is 23.0 Å². The molecule has 2 aliphatic heterocycles. The minimum Gasteiger partial charge on any atom is -0.490 e. The first-order valence-corrected chi connectivity index (χ1v) is 11.4. The molecule has 0 saturated carbocycles. The van der Waals surface area contributed by atoms with Crippen molar-refractivity contribution in [3.63, 3.8) is 0 Å². The molecule has 0 radical (unpaired) electrons. The average Bonchev–Trinajstić information content (AvgIpc) is 3.45. The van der Waals surface area contributed by atoms with Crippen molar-refractivity contribution in [3.8, 4) is 28.8 Å². The van der Waals surface area contributed by atoms with Gasteiger partial charge in [0.2, 0.25) is 0 Å². The third kappa shape index (κ3) is 3.73. The minimum atomic E-state index is -0.587. The Morgan fingerprint density at radius 3 is 2.60 bits per heavy atom. The number of carbonyl (C=O) groups is 2. The van der Waals surface area contributed by atoms with Gasteiger partial charge in [-0.1, -0.05) is 18.2 Å². The van der Waals surface area contributed by atoms with Crippen molar-refractivity contribution in [1.82, 2.24) is 14.7 Å². The standard InChI is InChI=1S/C28H24N4O3/c1-16-10-19(12-20-11-17(2)35-26(16)20)25-21(15-32(30-25)22-8-6-5-7-9-22)13-23-18(3)24(14-29)28(34)31(4)27(23)33/h5-10,12-13,15,17H,11H2,1-4H3/b23-13-/t17-/m0/s1. The summed E-state index contributed by atoms with van der Waals surface area (Å²) in [6.07, 6.45) is 4.52. The first-order chi connectivity index (χ1) is 16.8. The number of nitrogens with zero attached hydrogens (tertiary/aromatic N) is 4. The molecule has 0 saturated heterocycles. The van der Waals surface area contributed by atoms with Gasteiger partial charge in [-0.15, -0.1) is 0 Å². The number of fused-ring (bicyclic) bond motifs is 1. The zero-order valence-corrected chi connectivity index (χ0v) is 20.0. The maximum absolute atomic E-state index is 13.0. The second-order valence-corrected chi connectivity index (χ2v) is 8.97. The Morgan fingerprint density at radius 2 is 1.89 bits per heavy atom. The molecule has 35 heavy (non-hydrogen) atoms. The number of carbonyl (C=O) groups excluding carboxylic acids is 2. The highest BCUT2D eigenvalue weighted by Crippen LogP contribution is 2.38. The van der Waals surface area contributed by atoms with Gasteiger partial charge in [0, 0.05) is 36.4 Å². The highest BCUT2D eigenvalue weighted by molar-refractivity contribution is 6.19. The lowest BCUT2D eigenvalue weighted by Crippen LogP contribution is -2.39. The van der Waals surface area contributed by atoms with E-state index in [-0.39, 0.29) is 11.7 Å². The summed E-state index contributed by atoms with van der Waals surface area (Å²) >= 11 is 0. The number of hydrogen-bond acceptors (Lipinski definition) is 5. The molecule has 0 unspecified atom stereocenters. The van der Waals surface area contributed by atoms with E-state index in [4.69, 9.17) is 9.84 Å². The molecule has 174 valence electrons. The highest BCUT2D eigenvalue weighted by Gasteiger charge is 2.33. The molecule has 0 bridgehead atoms. The molecule has 2 amide bonds. The molecule has 3 heterocycles. The van der Waals surface area contributed by atoms with Crippen LogP contribution in [0.3, 0.4) is 0 Å². The second-order valence-electron chi connectivity index (χ2n) is 8.97. The maximum Gasteiger partial charge on any atom is 0.271 e. The Morgan fingerprint density at radius 1 is 1.14 bits per heavy atom. The normalized spacial score (nSPS) is 18.7. The molecule has 0 N–H and O–H groups in total. The van der Waals surface area contributed by atoms with Crippen LogP contribution in [0, 0.1) is 18.3 Å². The van der Waals surface area contributed by atoms with Crippen molar-refractivity contribution in [2.24, 2.45) is 0 Å². The van der Waals surface area contributed by atoms with Crippen molar-refractivity contribution in [3.05, 3.63) is 82.1 Å². The molecular weight excluding hydrogens is 440 g/mol. The zero-order chi connectivity index (χ0) is 24.9. The van der Waals surface area contributed by atoms with Gasteiger partial charge >= 0.3 is 0 Å². The predicted molar refractivity (Wildman–Crippen MR) is 132 cm³/mol. The molecule has 2 aromatic carbocycles. The smallest absolute Gasteiger partial charge is 0.271 e. The summed E-state index contributed by atoms with van der Waals surface area (Å²) in [4.78, 5) is 26.4. The van der Waals surface area contributed by atoms with Gasteiger partial charge in [-0.05, 0) is 67.8 Å². The summed E-state index contributed by atoms with van der Waals surface area (Å²) in [5, 5.41) is 14.4. The van der Waals surface area contributed by atoms with Gasteiger partial charge in [0.15, 0.2) is 0 Å². The van der Waals surface area contributed by atoms with Gasteiger partial charge in [0.05, 0.1) is 11.4 Å². The molecule has 3 aromatic rings. The number of amides is 2. The van der Waals surface area contributed by atoms with Crippen LogP contribution in [0.4, 0.5) is 0 Å². The van der Waals surface area contributed by atoms with E-state index in [1.165, 1.54) is 7.05 Å². The van der Waals surface area contributed by atoms with Crippen LogP contribution < -0.4 is 4.74 Å². The number of hydrogen-bond donors (Lipinski definition) is 0. The molecule has 1 aromatic heterocycles. The number of imide groups is 1. The third-order valence-electron chi connectivity index (χ3n) is 6.46. The summed E-state index contributed by atoms with van der Waals surface area (Å²) in [6.45, 7) is 5.70. The Balaban J connectivity index is 1.72. The molecule has 0 spiro atoms. The van der Waals surface area contributed by atoms with Crippen LogP contribution in [0.2, 0.25) is 0 Å². The lowest BCUT2D eigenvalue weighted by Gasteiger charge is -2.23. The van der Waals surface area contributed by atoms with E-state index in [0.717, 1.165) is 39.4 Å². The molecular formula is C28H24N4O3. The summed E-state index contributed by atoms with van der Waals surface area (Å²) in [5.41, 5.74) is 5.98. The fourth-order valence-corrected chi connectivity index (χ4v) is 4.64. The number of rotatable bonds is 3. The lowest BCUT2D eigenvalue weighted by atomic mass is 9.93. The minimum absolute atomic E-state index is 0.0325. The highest BCUT2D eigenvalue weighted by atomic mass is 16.5. The number of ether oxygens (including phenoxy) is 1. The molecule has 0 aliphatic carbocycles. The first kappa shape index (κ1) is 22.4. The molecule has 0 fully saturated rings. The predicted octanol–water partition coefficient (Wildman–Crippen LogP) is 4.39. The average molecular weight is 465 g/mol. The van der Waals surface area contributed by atoms with Gasteiger partial charge in [-0.25, -0.2) is 4.68 Å². The number of nitriles is 1. The summed E-state index contributed by atoms with van der Waals surface area (Å²) in [5.74, 6) is -0.114. The van der Waals surface area contributed by atoms with Crippen LogP contribution in [-0.4, -0.2) is 39.6 Å². The van der Waals surface area contributed by atoms with Crippen molar-refractivity contribution in [2.45, 2.75) is 33.3 Å². The Kier molecular flexibility index (Phi) is 5.37. The molecule has 7 nitrogen and oxygen atoms in total. The quantitative estimate of drug-likeness (QED) is 0.424. The van der Waals surface area contributed by atoms with Gasteiger partial charge < -0.3 is 4.74 Å². The van der Waals surface area contributed by atoms with Gasteiger partial charge in [-0.2, -0.15) is 10.4 Å². The van der Waals surface area contributed by atoms with E-state index in [2.05, 4.69) is 6.07 Å². The topological polar surface area (TPSA) is 88.2 Å². The summed E-state index contributed by atoms with van der Waals surface area (Å²) in [7, 11) is 1.39. The SMILES string of the molecule is CC1=C(C#N)C(=O)N(C)C(=O)/C1=C\c1cn(-c2ccccc2)nc1-c1cc(C)c2c(c1)C[C@H](C)O2. The third-order valence-corrected chi connectivity index (χ3v) is 6.46. The fraction of sp³-hybridized carbons (Fsp3) is 0.214. The number of aryl methyl sites for hydroxylation is 1. The monoisotopic (exact) mass is 464 g/mol. The lowest BCUT2D eigenvalue weighted by molar-refractivity contribution is -0.138. The van der Waals surface area contributed by atoms with Crippen LogP contribution in [0.1, 0.15) is 30.5 Å². The fourth-order valence-electron chi connectivity index (χ4n) is 4.64. The number of para-hydroxylation sites is 1. The first-order valence-electron chi connectivity index (χ1n) is 11.4. The largest absolute Gasteiger partial charge is 0.490 e.